The molecular formula is C16H16F2N2O. The van der Waals surface area contributed by atoms with Crippen molar-refractivity contribution >= 4 is 11.6 Å². The first-order chi connectivity index (χ1) is 10.1. The van der Waals surface area contributed by atoms with Gasteiger partial charge in [0.25, 0.3) is 0 Å². The predicted octanol–water partition coefficient (Wildman–Crippen LogP) is 3.08. The van der Waals surface area contributed by atoms with E-state index < -0.39 is 5.82 Å². The normalized spacial score (nSPS) is 10.4. The summed E-state index contributed by atoms with van der Waals surface area (Å²) in [5.41, 5.74) is 0.983. The van der Waals surface area contributed by atoms with E-state index in [-0.39, 0.29) is 18.1 Å². The van der Waals surface area contributed by atoms with Crippen molar-refractivity contribution in [3.05, 3.63) is 65.7 Å². The second-order valence-corrected chi connectivity index (χ2v) is 4.58. The Labute approximate surface area is 122 Å². The van der Waals surface area contributed by atoms with Crippen molar-refractivity contribution in [2.75, 3.05) is 11.9 Å². The van der Waals surface area contributed by atoms with Crippen molar-refractivity contribution < 1.29 is 13.6 Å². The van der Waals surface area contributed by atoms with Gasteiger partial charge < -0.3 is 10.6 Å². The monoisotopic (exact) mass is 290 g/mol. The van der Waals surface area contributed by atoms with E-state index in [4.69, 9.17) is 0 Å². The summed E-state index contributed by atoms with van der Waals surface area (Å²) in [4.78, 5) is 11.7. The SMILES string of the molecule is O=C(CCNCc1ccccc1F)Nc1cccc(F)c1. The lowest BCUT2D eigenvalue weighted by Gasteiger charge is -2.07. The molecule has 0 aliphatic rings. The summed E-state index contributed by atoms with van der Waals surface area (Å²) in [5, 5.41) is 5.60. The first kappa shape index (κ1) is 15.1. The summed E-state index contributed by atoms with van der Waals surface area (Å²) < 4.78 is 26.3. The maximum Gasteiger partial charge on any atom is 0.225 e. The maximum atomic E-state index is 13.3. The van der Waals surface area contributed by atoms with Crippen molar-refractivity contribution in [3.8, 4) is 0 Å². The average molecular weight is 290 g/mol. The number of anilines is 1. The number of benzene rings is 2. The molecule has 0 atom stereocenters. The van der Waals surface area contributed by atoms with E-state index in [1.54, 1.807) is 24.3 Å². The quantitative estimate of drug-likeness (QED) is 0.803. The molecule has 2 N–H and O–H groups in total. The minimum absolute atomic E-state index is 0.221. The van der Waals surface area contributed by atoms with E-state index in [1.165, 1.54) is 24.3 Å². The Balaban J connectivity index is 1.71. The zero-order chi connectivity index (χ0) is 15.1. The van der Waals surface area contributed by atoms with Crippen molar-refractivity contribution in [3.63, 3.8) is 0 Å². The number of carbonyl (C=O) groups excluding carboxylic acids is 1. The van der Waals surface area contributed by atoms with E-state index in [0.717, 1.165) is 0 Å². The molecule has 110 valence electrons. The fourth-order valence-electron chi connectivity index (χ4n) is 1.86. The third-order valence-corrected chi connectivity index (χ3v) is 2.91. The number of nitrogens with one attached hydrogen (secondary N) is 2. The topological polar surface area (TPSA) is 41.1 Å². The first-order valence-electron chi connectivity index (χ1n) is 6.65. The van der Waals surface area contributed by atoms with Crippen LogP contribution in [-0.2, 0) is 11.3 Å². The molecule has 2 aromatic carbocycles. The molecule has 5 heteroatoms. The number of halogens is 2. The molecule has 0 bridgehead atoms. The maximum absolute atomic E-state index is 13.3. The van der Waals surface area contributed by atoms with Crippen molar-refractivity contribution in [1.29, 1.82) is 0 Å². The molecule has 2 aromatic rings. The minimum atomic E-state index is -0.398. The molecule has 0 saturated heterocycles. The van der Waals surface area contributed by atoms with Gasteiger partial charge in [-0.05, 0) is 24.3 Å². The number of hydrogen-bond acceptors (Lipinski definition) is 2. The molecule has 2 rings (SSSR count). The summed E-state index contributed by atoms with van der Waals surface area (Å²) in [6.45, 7) is 0.773. The van der Waals surface area contributed by atoms with Crippen LogP contribution >= 0.6 is 0 Å². The van der Waals surface area contributed by atoms with Crippen LogP contribution in [0, 0.1) is 11.6 Å². The van der Waals surface area contributed by atoms with Gasteiger partial charge in [-0.1, -0.05) is 24.3 Å². The van der Waals surface area contributed by atoms with Crippen LogP contribution in [0.25, 0.3) is 0 Å². The van der Waals surface area contributed by atoms with Gasteiger partial charge in [-0.25, -0.2) is 8.78 Å². The molecule has 0 saturated carbocycles. The Morgan fingerprint density at radius 1 is 1.05 bits per heavy atom. The van der Waals surface area contributed by atoms with Gasteiger partial charge in [0.1, 0.15) is 11.6 Å². The lowest BCUT2D eigenvalue weighted by Crippen LogP contribution is -2.21. The van der Waals surface area contributed by atoms with Gasteiger partial charge in [-0.3, -0.25) is 4.79 Å². The molecule has 0 spiro atoms. The molecule has 0 unspecified atom stereocenters. The highest BCUT2D eigenvalue weighted by Crippen LogP contribution is 2.09. The summed E-state index contributed by atoms with van der Waals surface area (Å²) >= 11 is 0. The second kappa shape index (κ2) is 7.50. The Bertz CT molecular complexity index is 617. The van der Waals surface area contributed by atoms with E-state index >= 15 is 0 Å². The van der Waals surface area contributed by atoms with Crippen molar-refractivity contribution in [1.82, 2.24) is 5.32 Å². The van der Waals surface area contributed by atoms with E-state index in [0.29, 0.717) is 24.3 Å². The summed E-state index contributed by atoms with van der Waals surface area (Å²) in [5.74, 6) is -0.888. The van der Waals surface area contributed by atoms with Crippen LogP contribution < -0.4 is 10.6 Å². The van der Waals surface area contributed by atoms with Crippen LogP contribution in [0.15, 0.2) is 48.5 Å². The first-order valence-corrected chi connectivity index (χ1v) is 6.65. The Hall–Kier alpha value is -2.27. The summed E-state index contributed by atoms with van der Waals surface area (Å²) in [6, 6.07) is 12.2. The van der Waals surface area contributed by atoms with Crippen LogP contribution in [0.2, 0.25) is 0 Å². The highest BCUT2D eigenvalue weighted by molar-refractivity contribution is 5.90. The van der Waals surface area contributed by atoms with E-state index in [2.05, 4.69) is 10.6 Å². The zero-order valence-corrected chi connectivity index (χ0v) is 11.4. The van der Waals surface area contributed by atoms with Gasteiger partial charge in [0.15, 0.2) is 0 Å². The molecule has 21 heavy (non-hydrogen) atoms. The third kappa shape index (κ3) is 4.96. The number of carbonyl (C=O) groups is 1. The fraction of sp³-hybridized carbons (Fsp3) is 0.188. The lowest BCUT2D eigenvalue weighted by atomic mass is 10.2. The number of rotatable bonds is 6. The molecule has 0 heterocycles. The lowest BCUT2D eigenvalue weighted by molar-refractivity contribution is -0.116. The van der Waals surface area contributed by atoms with Crippen LogP contribution in [0.5, 0.6) is 0 Å². The molecule has 0 aliphatic carbocycles. The van der Waals surface area contributed by atoms with Crippen LogP contribution in [0.4, 0.5) is 14.5 Å². The smallest absolute Gasteiger partial charge is 0.225 e. The standard InChI is InChI=1S/C16H16F2N2O/c17-13-5-3-6-14(10-13)20-16(21)8-9-19-11-12-4-1-2-7-15(12)18/h1-7,10,19H,8-9,11H2,(H,20,21). The van der Waals surface area contributed by atoms with Crippen molar-refractivity contribution in [2.45, 2.75) is 13.0 Å². The van der Waals surface area contributed by atoms with Gasteiger partial charge in [-0.15, -0.1) is 0 Å². The van der Waals surface area contributed by atoms with Gasteiger partial charge in [-0.2, -0.15) is 0 Å². The zero-order valence-electron chi connectivity index (χ0n) is 11.4. The largest absolute Gasteiger partial charge is 0.326 e. The van der Waals surface area contributed by atoms with Gasteiger partial charge >= 0.3 is 0 Å². The molecule has 0 fully saturated rings. The highest BCUT2D eigenvalue weighted by atomic mass is 19.1. The fourth-order valence-corrected chi connectivity index (χ4v) is 1.86. The molecule has 0 aliphatic heterocycles. The number of hydrogen-bond donors (Lipinski definition) is 2. The molecule has 3 nitrogen and oxygen atoms in total. The van der Waals surface area contributed by atoms with Crippen LogP contribution in [0.1, 0.15) is 12.0 Å². The Kier molecular flexibility index (Phi) is 5.40. The van der Waals surface area contributed by atoms with Crippen LogP contribution in [0.3, 0.4) is 0 Å². The van der Waals surface area contributed by atoms with Gasteiger partial charge in [0.2, 0.25) is 5.91 Å². The highest BCUT2D eigenvalue weighted by Gasteiger charge is 2.04. The van der Waals surface area contributed by atoms with E-state index in [1.807, 2.05) is 0 Å². The average Bonchev–Trinajstić information content (AvgIpc) is 2.45. The van der Waals surface area contributed by atoms with Gasteiger partial charge in [0, 0.05) is 30.8 Å². The molecular weight excluding hydrogens is 274 g/mol. The predicted molar refractivity (Wildman–Crippen MR) is 77.8 cm³/mol. The third-order valence-electron chi connectivity index (χ3n) is 2.91. The van der Waals surface area contributed by atoms with Gasteiger partial charge in [0.05, 0.1) is 0 Å². The van der Waals surface area contributed by atoms with E-state index in [9.17, 15) is 13.6 Å². The molecule has 0 aromatic heterocycles. The molecule has 0 radical (unpaired) electrons. The van der Waals surface area contributed by atoms with Crippen molar-refractivity contribution in [2.24, 2.45) is 0 Å². The second-order valence-electron chi connectivity index (χ2n) is 4.58. The number of amides is 1. The van der Waals surface area contributed by atoms with Crippen LogP contribution in [-0.4, -0.2) is 12.5 Å². The summed E-state index contributed by atoms with van der Waals surface area (Å²) in [7, 11) is 0. The Morgan fingerprint density at radius 3 is 2.62 bits per heavy atom. The molecule has 1 amide bonds. The minimum Gasteiger partial charge on any atom is -0.326 e. The summed E-state index contributed by atoms with van der Waals surface area (Å²) in [6.07, 6.45) is 0.227. The Morgan fingerprint density at radius 2 is 1.86 bits per heavy atom.